The van der Waals surface area contributed by atoms with Gasteiger partial charge >= 0.3 is 0 Å². The van der Waals surface area contributed by atoms with Crippen LogP contribution in [0.1, 0.15) is 91.9 Å². The lowest BCUT2D eigenvalue weighted by Crippen LogP contribution is -2.55. The highest BCUT2D eigenvalue weighted by Crippen LogP contribution is 2.42. The molecule has 36 heavy (non-hydrogen) atoms. The van der Waals surface area contributed by atoms with E-state index in [9.17, 15) is 13.2 Å². The molecule has 1 aromatic heterocycles. The number of benzene rings is 1. The van der Waals surface area contributed by atoms with E-state index in [0.29, 0.717) is 43.3 Å². The Labute approximate surface area is 213 Å². The molecule has 0 radical (unpaired) electrons. The molecule has 2 aliphatic carbocycles. The van der Waals surface area contributed by atoms with Gasteiger partial charge in [-0.2, -0.15) is 4.31 Å². The van der Waals surface area contributed by atoms with E-state index in [2.05, 4.69) is 27.9 Å². The van der Waals surface area contributed by atoms with Gasteiger partial charge in [-0.3, -0.25) is 4.79 Å². The van der Waals surface area contributed by atoms with Crippen LogP contribution >= 0.6 is 0 Å². The lowest BCUT2D eigenvalue weighted by molar-refractivity contribution is 0.0899. The maximum atomic E-state index is 13.7. The fraction of sp³-hybridized carbons (Fsp3) is 0.630. The molecule has 2 saturated carbocycles. The van der Waals surface area contributed by atoms with Crippen molar-refractivity contribution in [2.24, 2.45) is 0 Å². The number of carbonyl (C=O) groups excluding carboxylic acids is 1. The Morgan fingerprint density at radius 1 is 0.944 bits per heavy atom. The normalized spacial score (nSPS) is 30.8. The van der Waals surface area contributed by atoms with Crippen molar-refractivity contribution >= 4 is 15.9 Å². The molecule has 3 atom stereocenters. The highest BCUT2D eigenvalue weighted by molar-refractivity contribution is 7.89. The van der Waals surface area contributed by atoms with Crippen LogP contribution in [0, 0.1) is 0 Å². The summed E-state index contributed by atoms with van der Waals surface area (Å²) in [5, 5.41) is 10.4. The summed E-state index contributed by atoms with van der Waals surface area (Å²) >= 11 is 0. The highest BCUT2D eigenvalue weighted by atomic mass is 32.2. The van der Waals surface area contributed by atoms with Gasteiger partial charge in [-0.05, 0) is 69.8 Å². The summed E-state index contributed by atoms with van der Waals surface area (Å²) in [7, 11) is -3.35. The maximum absolute atomic E-state index is 13.7. The van der Waals surface area contributed by atoms with Crippen molar-refractivity contribution in [3.05, 3.63) is 53.4 Å². The number of rotatable bonds is 8. The van der Waals surface area contributed by atoms with E-state index in [4.69, 9.17) is 4.52 Å². The minimum Gasteiger partial charge on any atom is -0.360 e. The van der Waals surface area contributed by atoms with Crippen LogP contribution in [0.5, 0.6) is 0 Å². The Morgan fingerprint density at radius 3 is 2.31 bits per heavy atom. The Kier molecular flexibility index (Phi) is 6.64. The van der Waals surface area contributed by atoms with Gasteiger partial charge in [0.1, 0.15) is 5.76 Å². The largest absolute Gasteiger partial charge is 0.360 e. The third-order valence-corrected chi connectivity index (χ3v) is 11.1. The van der Waals surface area contributed by atoms with Gasteiger partial charge in [0.15, 0.2) is 5.69 Å². The highest BCUT2D eigenvalue weighted by Gasteiger charge is 2.49. The predicted octanol–water partition coefficient (Wildman–Crippen LogP) is 3.71. The van der Waals surface area contributed by atoms with Crippen molar-refractivity contribution in [3.63, 3.8) is 0 Å². The number of piperidine rings is 1. The third kappa shape index (κ3) is 4.97. The van der Waals surface area contributed by atoms with Crippen LogP contribution in [-0.4, -0.2) is 53.2 Å². The number of sulfonamides is 1. The number of nitrogens with zero attached hydrogens (tertiary/aromatic N) is 2. The van der Waals surface area contributed by atoms with Gasteiger partial charge < -0.3 is 15.2 Å². The van der Waals surface area contributed by atoms with Crippen LogP contribution in [-0.2, 0) is 16.6 Å². The number of aromatic nitrogens is 1. The Hall–Kier alpha value is -2.23. The number of amides is 1. The molecule has 4 aliphatic rings. The topological polar surface area (TPSA) is 105 Å². The van der Waals surface area contributed by atoms with Crippen LogP contribution < -0.4 is 10.6 Å². The monoisotopic (exact) mass is 512 g/mol. The molecule has 2 saturated heterocycles. The minimum absolute atomic E-state index is 0.0210. The average Bonchev–Trinajstić information content (AvgIpc) is 3.54. The van der Waals surface area contributed by atoms with Gasteiger partial charge in [0.25, 0.3) is 5.91 Å². The molecular formula is C27H36N4O4S. The molecule has 1 unspecified atom stereocenters. The summed E-state index contributed by atoms with van der Waals surface area (Å²) in [6, 6.07) is 12.4. The Morgan fingerprint density at radius 2 is 1.64 bits per heavy atom. The van der Waals surface area contributed by atoms with Crippen LogP contribution in [0.4, 0.5) is 0 Å². The molecule has 2 aliphatic heterocycles. The standard InChI is InChI=1S/C27H36N4O4S/c32-27(25-16-26(35-30-25)19-6-7-19)29-21-14-22-10-11-23(15-21)31(22)36(33,34)24-12-8-20(9-13-24)28-17-18-4-2-1-3-5-18/h1-5,16,19-24,28H,6-15,17H2,(H,29,32)/t20?,21?,22-,23+,24?. The Balaban J connectivity index is 1.02. The molecule has 194 valence electrons. The van der Waals surface area contributed by atoms with E-state index in [0.717, 1.165) is 50.8 Å². The summed E-state index contributed by atoms with van der Waals surface area (Å²) in [5.74, 6) is 0.997. The summed E-state index contributed by atoms with van der Waals surface area (Å²) in [6.07, 6.45) is 8.47. The fourth-order valence-corrected chi connectivity index (χ4v) is 8.90. The maximum Gasteiger partial charge on any atom is 0.273 e. The summed E-state index contributed by atoms with van der Waals surface area (Å²) < 4.78 is 34.6. The van der Waals surface area contributed by atoms with Gasteiger partial charge in [0, 0.05) is 42.7 Å². The molecule has 0 spiro atoms. The van der Waals surface area contributed by atoms with Gasteiger partial charge in [0.2, 0.25) is 10.0 Å². The zero-order valence-electron chi connectivity index (χ0n) is 20.6. The second-order valence-corrected chi connectivity index (χ2v) is 13.2. The van der Waals surface area contributed by atoms with Gasteiger partial charge in [0.05, 0.1) is 5.25 Å². The number of carbonyl (C=O) groups is 1. The Bertz CT molecular complexity index is 1160. The fourth-order valence-electron chi connectivity index (χ4n) is 6.48. The second kappa shape index (κ2) is 9.91. The van der Waals surface area contributed by atoms with Gasteiger partial charge in [-0.1, -0.05) is 35.5 Å². The van der Waals surface area contributed by atoms with Crippen molar-refractivity contribution in [2.45, 2.75) is 106 Å². The molecule has 2 aromatic rings. The van der Waals surface area contributed by atoms with E-state index in [1.54, 1.807) is 6.07 Å². The van der Waals surface area contributed by atoms with Gasteiger partial charge in [-0.15, -0.1) is 0 Å². The van der Waals surface area contributed by atoms with Crippen LogP contribution in [0.3, 0.4) is 0 Å². The first kappa shape index (κ1) is 24.1. The van der Waals surface area contributed by atoms with E-state index >= 15 is 0 Å². The zero-order chi connectivity index (χ0) is 24.7. The molecule has 4 fully saturated rings. The van der Waals surface area contributed by atoms with Crippen LogP contribution in [0.15, 0.2) is 40.9 Å². The quantitative estimate of drug-likeness (QED) is 0.559. The average molecular weight is 513 g/mol. The van der Waals surface area contributed by atoms with Crippen LogP contribution in [0.2, 0.25) is 0 Å². The molecular weight excluding hydrogens is 476 g/mol. The summed E-state index contributed by atoms with van der Waals surface area (Å²) in [6.45, 7) is 0.822. The zero-order valence-corrected chi connectivity index (χ0v) is 21.5. The number of hydrogen-bond donors (Lipinski definition) is 2. The third-order valence-electron chi connectivity index (χ3n) is 8.57. The molecule has 8 nitrogen and oxygen atoms in total. The molecule has 1 amide bonds. The SMILES string of the molecule is O=C(NC1C[C@H]2CC[C@@H](C1)N2S(=O)(=O)C1CCC(NCc2ccccc2)CC1)c1cc(C2CC2)on1. The number of fused-ring (bicyclic) bond motifs is 2. The van der Waals surface area contributed by atoms with Crippen molar-refractivity contribution < 1.29 is 17.7 Å². The first-order valence-electron chi connectivity index (χ1n) is 13.5. The van der Waals surface area contributed by atoms with E-state index < -0.39 is 10.0 Å². The second-order valence-electron chi connectivity index (χ2n) is 11.1. The molecule has 3 heterocycles. The van der Waals surface area contributed by atoms with Gasteiger partial charge in [-0.25, -0.2) is 8.42 Å². The van der Waals surface area contributed by atoms with E-state index in [-0.39, 0.29) is 29.3 Å². The summed E-state index contributed by atoms with van der Waals surface area (Å²) in [4.78, 5) is 12.7. The smallest absolute Gasteiger partial charge is 0.273 e. The first-order valence-corrected chi connectivity index (χ1v) is 15.0. The lowest BCUT2D eigenvalue weighted by atomic mass is 9.95. The molecule has 1 aromatic carbocycles. The van der Waals surface area contributed by atoms with Crippen molar-refractivity contribution in [1.82, 2.24) is 20.1 Å². The van der Waals surface area contributed by atoms with Crippen molar-refractivity contribution in [3.8, 4) is 0 Å². The molecule has 2 N–H and O–H groups in total. The summed E-state index contributed by atoms with van der Waals surface area (Å²) in [5.41, 5.74) is 1.59. The minimum atomic E-state index is -3.35. The lowest BCUT2D eigenvalue weighted by Gasteiger charge is -2.41. The number of nitrogens with one attached hydrogen (secondary N) is 2. The molecule has 2 bridgehead atoms. The molecule has 9 heteroatoms. The number of hydrogen-bond acceptors (Lipinski definition) is 6. The van der Waals surface area contributed by atoms with Crippen molar-refractivity contribution in [2.75, 3.05) is 0 Å². The predicted molar refractivity (Wildman–Crippen MR) is 136 cm³/mol. The molecule has 6 rings (SSSR count). The first-order chi connectivity index (χ1) is 17.5. The van der Waals surface area contributed by atoms with E-state index in [1.807, 2.05) is 22.5 Å². The van der Waals surface area contributed by atoms with Crippen molar-refractivity contribution in [1.29, 1.82) is 0 Å². The van der Waals surface area contributed by atoms with Crippen LogP contribution in [0.25, 0.3) is 0 Å². The van der Waals surface area contributed by atoms with E-state index in [1.165, 1.54) is 5.56 Å².